The molecule has 0 atom stereocenters. The number of carbonyl (C=O) groups excluding carboxylic acids is 1. The Hall–Kier alpha value is -2.93. The van der Waals surface area contributed by atoms with Crippen LogP contribution in [0.1, 0.15) is 11.1 Å². The number of anilines is 1. The highest BCUT2D eigenvalue weighted by molar-refractivity contribution is 5.93. The lowest BCUT2D eigenvalue weighted by Gasteiger charge is -2.17. The van der Waals surface area contributed by atoms with Crippen LogP contribution in [-0.4, -0.2) is 36.4 Å². The molecule has 0 aromatic heterocycles. The van der Waals surface area contributed by atoms with Crippen molar-refractivity contribution in [1.29, 1.82) is 0 Å². The minimum absolute atomic E-state index is 0.0115. The Morgan fingerprint density at radius 1 is 1.28 bits per heavy atom. The molecule has 0 fully saturated rings. The van der Waals surface area contributed by atoms with Crippen molar-refractivity contribution in [2.75, 3.05) is 26.0 Å². The number of nitrogens with one attached hydrogen (secondary N) is 1. The van der Waals surface area contributed by atoms with Crippen LogP contribution >= 0.6 is 0 Å². The van der Waals surface area contributed by atoms with E-state index in [-0.39, 0.29) is 18.1 Å². The topological polar surface area (TPSA) is 84.7 Å². The third-order valence-electron chi connectivity index (χ3n) is 3.78. The molecule has 0 saturated carbocycles. The van der Waals surface area contributed by atoms with E-state index in [0.29, 0.717) is 17.8 Å². The fourth-order valence-corrected chi connectivity index (χ4v) is 2.53. The summed E-state index contributed by atoms with van der Waals surface area (Å²) in [4.78, 5) is 24.6. The zero-order valence-corrected chi connectivity index (χ0v) is 14.5. The maximum Gasteiger partial charge on any atom is 0.274 e. The Labute approximate surface area is 146 Å². The maximum atomic E-state index is 12.2. The normalized spacial score (nSPS) is 10.6. The van der Waals surface area contributed by atoms with Gasteiger partial charge in [-0.25, -0.2) is 0 Å². The summed E-state index contributed by atoms with van der Waals surface area (Å²) in [7, 11) is 3.44. The fraction of sp³-hybridized carbons (Fsp3) is 0.278. The quantitative estimate of drug-likeness (QED) is 0.617. The minimum atomic E-state index is -0.458. The SMILES string of the molecule is COc1cccc(CN(C)CC(=O)Nc2cccc([N+](=O)[O-])c2C)c1. The molecule has 7 nitrogen and oxygen atoms in total. The van der Waals surface area contributed by atoms with Crippen molar-refractivity contribution in [1.82, 2.24) is 4.90 Å². The first kappa shape index (κ1) is 18.4. The zero-order valence-electron chi connectivity index (χ0n) is 14.5. The molecule has 25 heavy (non-hydrogen) atoms. The molecule has 0 bridgehead atoms. The lowest BCUT2D eigenvalue weighted by Crippen LogP contribution is -2.30. The van der Waals surface area contributed by atoms with Gasteiger partial charge in [-0.05, 0) is 37.7 Å². The summed E-state index contributed by atoms with van der Waals surface area (Å²) in [5.74, 6) is 0.538. The molecule has 7 heteroatoms. The molecule has 0 radical (unpaired) electrons. The second kappa shape index (κ2) is 8.25. The van der Waals surface area contributed by atoms with Gasteiger partial charge >= 0.3 is 0 Å². The third-order valence-corrected chi connectivity index (χ3v) is 3.78. The number of rotatable bonds is 7. The van der Waals surface area contributed by atoms with Gasteiger partial charge in [-0.15, -0.1) is 0 Å². The van der Waals surface area contributed by atoms with Gasteiger partial charge in [0.1, 0.15) is 5.75 Å². The number of carbonyl (C=O) groups is 1. The second-order valence-corrected chi connectivity index (χ2v) is 5.78. The number of ether oxygens (including phenoxy) is 1. The van der Waals surface area contributed by atoms with Gasteiger partial charge in [-0.2, -0.15) is 0 Å². The Bertz CT molecular complexity index is 777. The standard InChI is InChI=1S/C18H21N3O4/c1-13-16(8-5-9-17(13)21(23)24)19-18(22)12-20(2)11-14-6-4-7-15(10-14)25-3/h4-10H,11-12H2,1-3H3,(H,19,22). The number of likely N-dealkylation sites (N-methyl/N-ethyl adjacent to an activating group) is 1. The number of benzene rings is 2. The van der Waals surface area contributed by atoms with Crippen LogP contribution in [0.25, 0.3) is 0 Å². The molecule has 0 spiro atoms. The van der Waals surface area contributed by atoms with Crippen molar-refractivity contribution >= 4 is 17.3 Å². The largest absolute Gasteiger partial charge is 0.497 e. The number of amides is 1. The first-order chi connectivity index (χ1) is 11.9. The highest BCUT2D eigenvalue weighted by Gasteiger charge is 2.15. The van der Waals surface area contributed by atoms with E-state index in [0.717, 1.165) is 11.3 Å². The van der Waals surface area contributed by atoms with Crippen LogP contribution < -0.4 is 10.1 Å². The van der Waals surface area contributed by atoms with Gasteiger partial charge in [0.15, 0.2) is 0 Å². The highest BCUT2D eigenvalue weighted by Crippen LogP contribution is 2.25. The van der Waals surface area contributed by atoms with Gasteiger partial charge < -0.3 is 10.1 Å². The average Bonchev–Trinajstić information content (AvgIpc) is 2.56. The minimum Gasteiger partial charge on any atom is -0.497 e. The van der Waals surface area contributed by atoms with Crippen LogP contribution in [0, 0.1) is 17.0 Å². The van der Waals surface area contributed by atoms with E-state index in [1.54, 1.807) is 26.2 Å². The van der Waals surface area contributed by atoms with Gasteiger partial charge in [-0.1, -0.05) is 18.2 Å². The molecule has 2 aromatic rings. The van der Waals surface area contributed by atoms with E-state index >= 15 is 0 Å². The zero-order chi connectivity index (χ0) is 18.4. The molecule has 0 unspecified atom stereocenters. The van der Waals surface area contributed by atoms with Crippen molar-refractivity contribution < 1.29 is 14.5 Å². The first-order valence-corrected chi connectivity index (χ1v) is 7.76. The van der Waals surface area contributed by atoms with Crippen LogP contribution in [0.5, 0.6) is 5.75 Å². The summed E-state index contributed by atoms with van der Waals surface area (Å²) in [6, 6.07) is 12.3. The molecule has 0 aliphatic heterocycles. The smallest absolute Gasteiger partial charge is 0.274 e. The van der Waals surface area contributed by atoms with Gasteiger partial charge in [0.2, 0.25) is 5.91 Å². The molecule has 2 rings (SSSR count). The van der Waals surface area contributed by atoms with E-state index < -0.39 is 4.92 Å². The molecular formula is C18H21N3O4. The predicted octanol–water partition coefficient (Wildman–Crippen LogP) is 2.98. The van der Waals surface area contributed by atoms with Crippen molar-refractivity contribution in [2.45, 2.75) is 13.5 Å². The summed E-state index contributed by atoms with van der Waals surface area (Å²) < 4.78 is 5.19. The Balaban J connectivity index is 1.98. The van der Waals surface area contributed by atoms with E-state index in [4.69, 9.17) is 4.74 Å². The first-order valence-electron chi connectivity index (χ1n) is 7.76. The molecule has 132 valence electrons. The Morgan fingerprint density at radius 2 is 2.00 bits per heavy atom. The lowest BCUT2D eigenvalue weighted by atomic mass is 10.1. The summed E-state index contributed by atoms with van der Waals surface area (Å²) in [5.41, 5.74) is 1.91. The molecule has 0 aliphatic rings. The van der Waals surface area contributed by atoms with Crippen molar-refractivity contribution in [2.24, 2.45) is 0 Å². The molecule has 2 aromatic carbocycles. The summed E-state index contributed by atoms with van der Waals surface area (Å²) in [6.07, 6.45) is 0. The fourth-order valence-electron chi connectivity index (χ4n) is 2.53. The van der Waals surface area contributed by atoms with E-state index in [2.05, 4.69) is 5.32 Å². The summed E-state index contributed by atoms with van der Waals surface area (Å²) in [6.45, 7) is 2.37. The molecule has 0 aliphatic carbocycles. The predicted molar refractivity (Wildman–Crippen MR) is 95.8 cm³/mol. The summed E-state index contributed by atoms with van der Waals surface area (Å²) >= 11 is 0. The van der Waals surface area contributed by atoms with Crippen molar-refractivity contribution in [3.05, 3.63) is 63.7 Å². The number of nitrogens with zero attached hydrogens (tertiary/aromatic N) is 2. The average molecular weight is 343 g/mol. The van der Waals surface area contributed by atoms with Gasteiger partial charge in [-0.3, -0.25) is 19.8 Å². The summed E-state index contributed by atoms with van der Waals surface area (Å²) in [5, 5.41) is 13.7. The van der Waals surface area contributed by atoms with Crippen LogP contribution in [-0.2, 0) is 11.3 Å². The van der Waals surface area contributed by atoms with Gasteiger partial charge in [0, 0.05) is 12.6 Å². The number of hydrogen-bond donors (Lipinski definition) is 1. The Morgan fingerprint density at radius 3 is 2.68 bits per heavy atom. The number of methoxy groups -OCH3 is 1. The number of nitro benzene ring substituents is 1. The highest BCUT2D eigenvalue weighted by atomic mass is 16.6. The number of nitro groups is 1. The molecule has 0 saturated heterocycles. The van der Waals surface area contributed by atoms with E-state index in [1.807, 2.05) is 36.2 Å². The van der Waals surface area contributed by atoms with Crippen LogP contribution in [0.3, 0.4) is 0 Å². The molecular weight excluding hydrogens is 322 g/mol. The van der Waals surface area contributed by atoms with Crippen LogP contribution in [0.15, 0.2) is 42.5 Å². The Kier molecular flexibility index (Phi) is 6.08. The molecule has 1 amide bonds. The van der Waals surface area contributed by atoms with Crippen LogP contribution in [0.2, 0.25) is 0 Å². The molecule has 0 heterocycles. The maximum absolute atomic E-state index is 12.2. The molecule has 1 N–H and O–H groups in total. The van der Waals surface area contributed by atoms with E-state index in [9.17, 15) is 14.9 Å². The van der Waals surface area contributed by atoms with Crippen molar-refractivity contribution in [3.63, 3.8) is 0 Å². The van der Waals surface area contributed by atoms with Gasteiger partial charge in [0.25, 0.3) is 5.69 Å². The van der Waals surface area contributed by atoms with Crippen molar-refractivity contribution in [3.8, 4) is 5.75 Å². The monoisotopic (exact) mass is 343 g/mol. The van der Waals surface area contributed by atoms with Crippen LogP contribution in [0.4, 0.5) is 11.4 Å². The lowest BCUT2D eigenvalue weighted by molar-refractivity contribution is -0.385. The van der Waals surface area contributed by atoms with Gasteiger partial charge in [0.05, 0.1) is 29.8 Å². The second-order valence-electron chi connectivity index (χ2n) is 5.78. The number of hydrogen-bond acceptors (Lipinski definition) is 5. The third kappa shape index (κ3) is 5.02. The van der Waals surface area contributed by atoms with E-state index in [1.165, 1.54) is 6.07 Å².